The van der Waals surface area contributed by atoms with Crippen LogP contribution in [0.3, 0.4) is 0 Å². The van der Waals surface area contributed by atoms with Gasteiger partial charge in [0.2, 0.25) is 0 Å². The molecule has 0 spiro atoms. The van der Waals surface area contributed by atoms with Crippen molar-refractivity contribution >= 4 is 23.4 Å². The predicted molar refractivity (Wildman–Crippen MR) is 73.9 cm³/mol. The Balaban J connectivity index is 3.69. The molecule has 0 radical (unpaired) electrons. The third kappa shape index (κ3) is 6.95. The van der Waals surface area contributed by atoms with E-state index in [9.17, 15) is 9.59 Å². The van der Waals surface area contributed by atoms with E-state index < -0.39 is 24.0 Å². The van der Waals surface area contributed by atoms with Crippen molar-refractivity contribution in [2.75, 3.05) is 13.2 Å². The lowest BCUT2D eigenvalue weighted by atomic mass is 10.2. The van der Waals surface area contributed by atoms with Gasteiger partial charge in [-0.1, -0.05) is 0 Å². The molecule has 0 aliphatic carbocycles. The highest BCUT2D eigenvalue weighted by Gasteiger charge is 2.15. The Bertz CT molecular complexity index is 344. The molecule has 0 aromatic rings. The van der Waals surface area contributed by atoms with Crippen molar-refractivity contribution in [1.82, 2.24) is 0 Å². The van der Waals surface area contributed by atoms with E-state index in [0.717, 1.165) is 0 Å². The topological polar surface area (TPSA) is 152 Å². The molecule has 0 fully saturated rings. The molecule has 114 valence electrons. The van der Waals surface area contributed by atoms with Crippen LogP contribution in [-0.2, 0) is 19.1 Å². The Kier molecular flexibility index (Phi) is 8.33. The zero-order chi connectivity index (χ0) is 15.7. The summed E-state index contributed by atoms with van der Waals surface area (Å²) in [5.74, 6) is -1.48. The van der Waals surface area contributed by atoms with E-state index in [1.807, 2.05) is 0 Å². The molecule has 0 amide bonds. The zero-order valence-corrected chi connectivity index (χ0v) is 11.8. The standard InChI is InChI=1S/C12H22N4O4/c1-7(13)9(15)11(17)19-5-3-4-6-20-12(18)10(16)8(2)14/h7-8,15-16H,3-6,13-14H2,1-2H3. The van der Waals surface area contributed by atoms with E-state index in [2.05, 4.69) is 0 Å². The van der Waals surface area contributed by atoms with Gasteiger partial charge in [-0.3, -0.25) is 10.8 Å². The summed E-state index contributed by atoms with van der Waals surface area (Å²) in [6.07, 6.45) is 0.966. The molecule has 0 rings (SSSR count). The Morgan fingerprint density at radius 2 is 1.20 bits per heavy atom. The van der Waals surface area contributed by atoms with E-state index in [1.165, 1.54) is 13.8 Å². The first-order valence-electron chi connectivity index (χ1n) is 6.29. The van der Waals surface area contributed by atoms with Crippen LogP contribution in [0.2, 0.25) is 0 Å². The lowest BCUT2D eigenvalue weighted by molar-refractivity contribution is -0.138. The summed E-state index contributed by atoms with van der Waals surface area (Å²) < 4.78 is 9.62. The van der Waals surface area contributed by atoms with Crippen molar-refractivity contribution in [2.24, 2.45) is 11.5 Å². The zero-order valence-electron chi connectivity index (χ0n) is 11.8. The molecule has 2 unspecified atom stereocenters. The fraction of sp³-hybridized carbons (Fsp3) is 0.667. The van der Waals surface area contributed by atoms with Gasteiger partial charge >= 0.3 is 11.9 Å². The molecule has 2 atom stereocenters. The number of hydrogen-bond acceptors (Lipinski definition) is 8. The molecule has 0 aliphatic heterocycles. The van der Waals surface area contributed by atoms with Gasteiger partial charge in [-0.2, -0.15) is 0 Å². The van der Waals surface area contributed by atoms with E-state index in [4.69, 9.17) is 31.8 Å². The largest absolute Gasteiger partial charge is 0.461 e. The third-order valence-corrected chi connectivity index (χ3v) is 2.36. The van der Waals surface area contributed by atoms with E-state index >= 15 is 0 Å². The lowest BCUT2D eigenvalue weighted by Gasteiger charge is -2.09. The van der Waals surface area contributed by atoms with Crippen molar-refractivity contribution in [3.8, 4) is 0 Å². The van der Waals surface area contributed by atoms with Gasteiger partial charge in [-0.05, 0) is 26.7 Å². The van der Waals surface area contributed by atoms with Crippen molar-refractivity contribution in [1.29, 1.82) is 10.8 Å². The molecule has 0 aliphatic rings. The summed E-state index contributed by atoms with van der Waals surface area (Å²) in [5, 5.41) is 14.6. The minimum atomic E-state index is -0.740. The van der Waals surface area contributed by atoms with Gasteiger partial charge in [0.05, 0.1) is 25.3 Å². The summed E-state index contributed by atoms with van der Waals surface area (Å²) in [4.78, 5) is 22.5. The van der Waals surface area contributed by atoms with Crippen LogP contribution >= 0.6 is 0 Å². The second kappa shape index (κ2) is 9.16. The number of ether oxygens (including phenoxy) is 2. The average Bonchev–Trinajstić information content (AvgIpc) is 2.39. The SMILES string of the molecule is CC(N)C(=N)C(=O)OCCCCOC(=O)C(=N)C(C)N. The number of carbonyl (C=O) groups excluding carboxylic acids is 2. The number of unbranched alkanes of at least 4 members (excludes halogenated alkanes) is 1. The van der Waals surface area contributed by atoms with Gasteiger partial charge in [-0.25, -0.2) is 9.59 Å². The minimum absolute atomic E-state index is 0.121. The first-order valence-corrected chi connectivity index (χ1v) is 6.29. The Morgan fingerprint density at radius 3 is 1.45 bits per heavy atom. The first-order chi connectivity index (χ1) is 9.27. The highest BCUT2D eigenvalue weighted by atomic mass is 16.5. The van der Waals surface area contributed by atoms with E-state index in [-0.39, 0.29) is 24.6 Å². The van der Waals surface area contributed by atoms with Gasteiger partial charge in [0.25, 0.3) is 0 Å². The molecule has 0 heterocycles. The fourth-order valence-corrected chi connectivity index (χ4v) is 1.06. The Labute approximate surface area is 117 Å². The maximum Gasteiger partial charge on any atom is 0.353 e. The number of nitrogens with two attached hydrogens (primary N) is 2. The van der Waals surface area contributed by atoms with Crippen molar-refractivity contribution in [3.05, 3.63) is 0 Å². The number of rotatable bonds is 9. The molecular formula is C12H22N4O4. The summed E-state index contributed by atoms with van der Waals surface area (Å²) >= 11 is 0. The normalized spacial score (nSPS) is 13.2. The van der Waals surface area contributed by atoms with Gasteiger partial charge in [0, 0.05) is 0 Å². The van der Waals surface area contributed by atoms with Crippen LogP contribution < -0.4 is 11.5 Å². The van der Waals surface area contributed by atoms with Crippen LogP contribution in [0, 0.1) is 10.8 Å². The summed E-state index contributed by atoms with van der Waals surface area (Å²) in [6.45, 7) is 3.29. The third-order valence-electron chi connectivity index (χ3n) is 2.36. The second-order valence-electron chi connectivity index (χ2n) is 4.38. The number of esters is 2. The molecule has 0 aromatic carbocycles. The summed E-state index contributed by atoms with van der Waals surface area (Å²) in [7, 11) is 0. The van der Waals surface area contributed by atoms with Crippen molar-refractivity contribution < 1.29 is 19.1 Å². The average molecular weight is 286 g/mol. The Morgan fingerprint density at radius 1 is 0.900 bits per heavy atom. The van der Waals surface area contributed by atoms with Gasteiger partial charge < -0.3 is 20.9 Å². The molecule has 6 N–H and O–H groups in total. The van der Waals surface area contributed by atoms with Crippen LogP contribution in [0.25, 0.3) is 0 Å². The van der Waals surface area contributed by atoms with Crippen molar-refractivity contribution in [3.63, 3.8) is 0 Å². The first kappa shape index (κ1) is 18.2. The van der Waals surface area contributed by atoms with E-state index in [0.29, 0.717) is 12.8 Å². The molecule has 8 nitrogen and oxygen atoms in total. The molecule has 20 heavy (non-hydrogen) atoms. The number of hydrogen-bond donors (Lipinski definition) is 4. The van der Waals surface area contributed by atoms with Crippen LogP contribution in [-0.4, -0.2) is 48.7 Å². The predicted octanol–water partition coefficient (Wildman–Crippen LogP) is -0.413. The number of nitrogens with one attached hydrogen (secondary N) is 2. The van der Waals surface area contributed by atoms with Gasteiger partial charge in [0.15, 0.2) is 0 Å². The maximum atomic E-state index is 11.2. The lowest BCUT2D eigenvalue weighted by Crippen LogP contribution is -2.34. The number of carbonyl (C=O) groups is 2. The minimum Gasteiger partial charge on any atom is -0.461 e. The monoisotopic (exact) mass is 286 g/mol. The molecular weight excluding hydrogens is 264 g/mol. The van der Waals surface area contributed by atoms with E-state index in [1.54, 1.807) is 0 Å². The van der Waals surface area contributed by atoms with Gasteiger partial charge in [0.1, 0.15) is 11.4 Å². The highest BCUT2D eigenvalue weighted by Crippen LogP contribution is 1.96. The van der Waals surface area contributed by atoms with Crippen LogP contribution in [0.1, 0.15) is 26.7 Å². The molecule has 0 saturated carbocycles. The van der Waals surface area contributed by atoms with Crippen LogP contribution in [0.5, 0.6) is 0 Å². The molecule has 0 bridgehead atoms. The molecule has 8 heteroatoms. The molecule has 0 saturated heterocycles. The summed E-state index contributed by atoms with van der Waals surface area (Å²) in [6, 6.07) is -1.32. The van der Waals surface area contributed by atoms with Crippen molar-refractivity contribution in [2.45, 2.75) is 38.8 Å². The maximum absolute atomic E-state index is 11.2. The van der Waals surface area contributed by atoms with Crippen LogP contribution in [0.15, 0.2) is 0 Å². The van der Waals surface area contributed by atoms with Crippen LogP contribution in [0.4, 0.5) is 0 Å². The summed E-state index contributed by atoms with van der Waals surface area (Å²) in [5.41, 5.74) is 10.2. The van der Waals surface area contributed by atoms with Gasteiger partial charge in [-0.15, -0.1) is 0 Å². The fourth-order valence-electron chi connectivity index (χ4n) is 1.06. The second-order valence-corrected chi connectivity index (χ2v) is 4.38. The Hall–Kier alpha value is -1.80. The quantitative estimate of drug-likeness (QED) is 0.257. The highest BCUT2D eigenvalue weighted by molar-refractivity contribution is 6.37. The molecule has 0 aromatic heterocycles. The smallest absolute Gasteiger partial charge is 0.353 e.